The smallest absolute Gasteiger partial charge is 0.316 e. The summed E-state index contributed by atoms with van der Waals surface area (Å²) in [5, 5.41) is 2.43. The van der Waals surface area contributed by atoms with Gasteiger partial charge in [-0.1, -0.05) is 0 Å². The molecule has 70 valence electrons. The summed E-state index contributed by atoms with van der Waals surface area (Å²) in [6, 6.07) is 2.96. The van der Waals surface area contributed by atoms with Gasteiger partial charge in [0.2, 0.25) is 0 Å². The monoisotopic (exact) mass is 180 g/mol. The summed E-state index contributed by atoms with van der Waals surface area (Å²) >= 11 is 0. The molecule has 1 aromatic heterocycles. The van der Waals surface area contributed by atoms with Gasteiger partial charge in [-0.3, -0.25) is 0 Å². The zero-order valence-electron chi connectivity index (χ0n) is 7.61. The molecule has 0 spiro atoms. The molecule has 0 saturated heterocycles. The van der Waals surface area contributed by atoms with Gasteiger partial charge in [0, 0.05) is 14.1 Å². The van der Waals surface area contributed by atoms with Gasteiger partial charge >= 0.3 is 6.03 Å². The summed E-state index contributed by atoms with van der Waals surface area (Å²) in [6.07, 6.45) is 1.56. The first-order valence-corrected chi connectivity index (χ1v) is 3.79. The number of pyridine rings is 1. The fraction of sp³-hybridized carbons (Fsp3) is 0.250. The van der Waals surface area contributed by atoms with Gasteiger partial charge in [-0.05, 0) is 12.1 Å². The Hall–Kier alpha value is -1.78. The van der Waals surface area contributed by atoms with Gasteiger partial charge in [0.1, 0.15) is 5.82 Å². The fourth-order valence-corrected chi connectivity index (χ4v) is 0.867. The van der Waals surface area contributed by atoms with E-state index in [0.29, 0.717) is 5.69 Å². The summed E-state index contributed by atoms with van der Waals surface area (Å²) in [7, 11) is 3.78. The summed E-state index contributed by atoms with van der Waals surface area (Å²) < 4.78 is 0. The molecule has 0 atom stereocenters. The van der Waals surface area contributed by atoms with E-state index in [1.165, 1.54) is 0 Å². The highest BCUT2D eigenvalue weighted by atomic mass is 16.2. The van der Waals surface area contributed by atoms with E-state index in [1.807, 2.05) is 19.0 Å². The van der Waals surface area contributed by atoms with E-state index in [0.717, 1.165) is 5.82 Å². The number of nitrogens with one attached hydrogen (secondary N) is 1. The highest BCUT2D eigenvalue weighted by Gasteiger charge is 1.98. The number of anilines is 2. The van der Waals surface area contributed by atoms with Crippen LogP contribution in [0.3, 0.4) is 0 Å². The number of aromatic nitrogens is 1. The van der Waals surface area contributed by atoms with Crippen LogP contribution in [0.4, 0.5) is 16.3 Å². The second-order valence-corrected chi connectivity index (χ2v) is 2.79. The Morgan fingerprint density at radius 1 is 1.54 bits per heavy atom. The molecular weight excluding hydrogens is 168 g/mol. The number of carbonyl (C=O) groups is 1. The molecule has 0 aromatic carbocycles. The minimum atomic E-state index is -0.584. The number of primary amides is 1. The average Bonchev–Trinajstić information content (AvgIpc) is 2.04. The van der Waals surface area contributed by atoms with Crippen molar-refractivity contribution in [1.29, 1.82) is 0 Å². The molecule has 0 aliphatic heterocycles. The van der Waals surface area contributed by atoms with Crippen LogP contribution >= 0.6 is 0 Å². The Morgan fingerprint density at radius 2 is 2.23 bits per heavy atom. The first-order valence-electron chi connectivity index (χ1n) is 3.79. The van der Waals surface area contributed by atoms with Gasteiger partial charge in [0.05, 0.1) is 11.9 Å². The van der Waals surface area contributed by atoms with E-state index in [1.54, 1.807) is 18.3 Å². The van der Waals surface area contributed by atoms with Gasteiger partial charge < -0.3 is 16.0 Å². The molecule has 0 fully saturated rings. The maximum absolute atomic E-state index is 10.5. The van der Waals surface area contributed by atoms with Crippen molar-refractivity contribution in [2.75, 3.05) is 24.3 Å². The molecule has 2 amide bonds. The SMILES string of the molecule is CN(C)c1ccc(NC(N)=O)cn1. The van der Waals surface area contributed by atoms with Crippen molar-refractivity contribution in [3.8, 4) is 0 Å². The topological polar surface area (TPSA) is 71.2 Å². The van der Waals surface area contributed by atoms with Crippen LogP contribution < -0.4 is 16.0 Å². The van der Waals surface area contributed by atoms with Crippen LogP contribution in [0.5, 0.6) is 0 Å². The minimum Gasteiger partial charge on any atom is -0.363 e. The number of nitrogens with zero attached hydrogens (tertiary/aromatic N) is 2. The third-order valence-electron chi connectivity index (χ3n) is 1.47. The van der Waals surface area contributed by atoms with Crippen LogP contribution in [0.15, 0.2) is 18.3 Å². The molecule has 3 N–H and O–H groups in total. The van der Waals surface area contributed by atoms with Crippen molar-refractivity contribution in [3.63, 3.8) is 0 Å². The number of hydrogen-bond acceptors (Lipinski definition) is 3. The van der Waals surface area contributed by atoms with Gasteiger partial charge in [0.25, 0.3) is 0 Å². The molecule has 0 saturated carbocycles. The lowest BCUT2D eigenvalue weighted by atomic mass is 10.4. The van der Waals surface area contributed by atoms with Crippen LogP contribution in [0.25, 0.3) is 0 Å². The molecule has 0 aliphatic rings. The quantitative estimate of drug-likeness (QED) is 0.701. The third kappa shape index (κ3) is 2.62. The van der Waals surface area contributed by atoms with E-state index in [4.69, 9.17) is 5.73 Å². The zero-order chi connectivity index (χ0) is 9.84. The Labute approximate surface area is 76.6 Å². The number of amides is 2. The molecule has 0 radical (unpaired) electrons. The summed E-state index contributed by atoms with van der Waals surface area (Å²) in [5.74, 6) is 0.829. The zero-order valence-corrected chi connectivity index (χ0v) is 7.61. The van der Waals surface area contributed by atoms with Crippen molar-refractivity contribution < 1.29 is 4.79 Å². The van der Waals surface area contributed by atoms with Crippen LogP contribution in [-0.4, -0.2) is 25.1 Å². The molecule has 1 rings (SSSR count). The average molecular weight is 180 g/mol. The molecule has 0 aliphatic carbocycles. The normalized spacial score (nSPS) is 9.38. The Bertz CT molecular complexity index is 294. The second-order valence-electron chi connectivity index (χ2n) is 2.79. The van der Waals surface area contributed by atoms with Gasteiger partial charge in [0.15, 0.2) is 0 Å². The summed E-state index contributed by atoms with van der Waals surface area (Å²) in [4.78, 5) is 16.4. The van der Waals surface area contributed by atoms with Crippen LogP contribution in [0.2, 0.25) is 0 Å². The van der Waals surface area contributed by atoms with Gasteiger partial charge in [-0.2, -0.15) is 0 Å². The third-order valence-corrected chi connectivity index (χ3v) is 1.47. The lowest BCUT2D eigenvalue weighted by Gasteiger charge is -2.10. The molecule has 0 bridgehead atoms. The molecule has 5 nitrogen and oxygen atoms in total. The second kappa shape index (κ2) is 3.75. The maximum Gasteiger partial charge on any atom is 0.316 e. The Kier molecular flexibility index (Phi) is 2.69. The summed E-state index contributed by atoms with van der Waals surface area (Å²) in [5.41, 5.74) is 5.53. The minimum absolute atomic E-state index is 0.584. The predicted octanol–water partition coefficient (Wildman–Crippen LogP) is 0.638. The standard InChI is InChI=1S/C8H12N4O/c1-12(2)7-4-3-6(5-10-7)11-8(9)13/h3-5H,1-2H3,(H3,9,11,13). The first kappa shape index (κ1) is 9.31. The van der Waals surface area contributed by atoms with E-state index >= 15 is 0 Å². The fourth-order valence-electron chi connectivity index (χ4n) is 0.867. The van der Waals surface area contributed by atoms with Crippen LogP contribution in [0.1, 0.15) is 0 Å². The van der Waals surface area contributed by atoms with Gasteiger partial charge in [-0.15, -0.1) is 0 Å². The van der Waals surface area contributed by atoms with Crippen molar-refractivity contribution in [1.82, 2.24) is 4.98 Å². The van der Waals surface area contributed by atoms with E-state index < -0.39 is 6.03 Å². The Morgan fingerprint density at radius 3 is 2.62 bits per heavy atom. The predicted molar refractivity (Wildman–Crippen MR) is 51.8 cm³/mol. The molecule has 0 unspecified atom stereocenters. The van der Waals surface area contributed by atoms with Crippen molar-refractivity contribution in [2.45, 2.75) is 0 Å². The van der Waals surface area contributed by atoms with Gasteiger partial charge in [-0.25, -0.2) is 9.78 Å². The summed E-state index contributed by atoms with van der Waals surface area (Å²) in [6.45, 7) is 0. The highest BCUT2D eigenvalue weighted by Crippen LogP contribution is 2.10. The Balaban J connectivity index is 2.75. The number of carbonyl (C=O) groups excluding carboxylic acids is 1. The van der Waals surface area contributed by atoms with Crippen LogP contribution in [0, 0.1) is 0 Å². The first-order chi connectivity index (χ1) is 6.09. The largest absolute Gasteiger partial charge is 0.363 e. The maximum atomic E-state index is 10.5. The lowest BCUT2D eigenvalue weighted by molar-refractivity contribution is 0.259. The van der Waals surface area contributed by atoms with Crippen LogP contribution in [-0.2, 0) is 0 Å². The number of nitrogens with two attached hydrogens (primary N) is 1. The molecule has 5 heteroatoms. The molecule has 13 heavy (non-hydrogen) atoms. The van der Waals surface area contributed by atoms with E-state index in [2.05, 4.69) is 10.3 Å². The highest BCUT2D eigenvalue weighted by molar-refractivity contribution is 5.87. The number of urea groups is 1. The number of hydrogen-bond donors (Lipinski definition) is 2. The van der Waals surface area contributed by atoms with E-state index in [9.17, 15) is 4.79 Å². The van der Waals surface area contributed by atoms with E-state index in [-0.39, 0.29) is 0 Å². The van der Waals surface area contributed by atoms with Crippen molar-refractivity contribution >= 4 is 17.5 Å². The molecule has 1 aromatic rings. The molecular formula is C8H12N4O. The van der Waals surface area contributed by atoms with Crippen molar-refractivity contribution in [2.24, 2.45) is 5.73 Å². The molecule has 1 heterocycles. The number of rotatable bonds is 2. The van der Waals surface area contributed by atoms with Crippen molar-refractivity contribution in [3.05, 3.63) is 18.3 Å². The lowest BCUT2D eigenvalue weighted by Crippen LogP contribution is -2.19.